The Morgan fingerprint density at radius 1 is 1.56 bits per heavy atom. The normalized spacial score (nSPS) is 22.8. The average molecular weight is 265 g/mol. The van der Waals surface area contributed by atoms with Crippen molar-refractivity contribution in [2.45, 2.75) is 19.3 Å². The highest BCUT2D eigenvalue weighted by atomic mass is 32.2. The van der Waals surface area contributed by atoms with E-state index in [2.05, 4.69) is 9.82 Å². The van der Waals surface area contributed by atoms with Gasteiger partial charge in [0.2, 0.25) is 0 Å². The molecule has 2 aliphatic rings. The Balaban J connectivity index is 1.77. The van der Waals surface area contributed by atoms with E-state index in [1.54, 1.807) is 12.4 Å². The van der Waals surface area contributed by atoms with E-state index < -0.39 is 16.9 Å². The summed E-state index contributed by atoms with van der Waals surface area (Å²) < 4.78 is 15.2. The highest BCUT2D eigenvalue weighted by Gasteiger charge is 2.29. The van der Waals surface area contributed by atoms with Crippen LogP contribution in [0.25, 0.3) is 5.03 Å². The maximum Gasteiger partial charge on any atom is 0.258 e. The van der Waals surface area contributed by atoms with Gasteiger partial charge >= 0.3 is 0 Å². The Morgan fingerprint density at radius 2 is 2.33 bits per heavy atom. The van der Waals surface area contributed by atoms with Gasteiger partial charge < -0.3 is 0 Å². The van der Waals surface area contributed by atoms with Gasteiger partial charge in [-0.1, -0.05) is 0 Å². The molecule has 18 heavy (non-hydrogen) atoms. The molecule has 1 aromatic heterocycles. The molecule has 0 bridgehead atoms. The van der Waals surface area contributed by atoms with Crippen molar-refractivity contribution in [1.82, 2.24) is 14.5 Å². The molecule has 1 aliphatic heterocycles. The standard InChI is InChI=1S/C11H11N3O3S/c15-9(8-1-2-8)3-7-5-12-14(6-7)11-4-10(16)13-18(11)17/h4-6,8H,1-3H2,(H,13,16). The lowest BCUT2D eigenvalue weighted by molar-refractivity contribution is -0.119. The number of hydrogen-bond donors (Lipinski definition) is 1. The van der Waals surface area contributed by atoms with Crippen LogP contribution in [0.3, 0.4) is 0 Å². The molecule has 1 atom stereocenters. The Hall–Kier alpha value is -1.76. The Kier molecular flexibility index (Phi) is 2.62. The minimum atomic E-state index is -1.56. The lowest BCUT2D eigenvalue weighted by Crippen LogP contribution is -2.17. The lowest BCUT2D eigenvalue weighted by Gasteiger charge is -1.98. The maximum absolute atomic E-state index is 11.6. The van der Waals surface area contributed by atoms with Crippen molar-refractivity contribution in [3.05, 3.63) is 24.0 Å². The molecule has 1 unspecified atom stereocenters. The molecule has 1 aromatic rings. The third kappa shape index (κ3) is 2.13. The summed E-state index contributed by atoms with van der Waals surface area (Å²) in [5.41, 5.74) is 0.782. The highest BCUT2D eigenvalue weighted by Crippen LogP contribution is 2.30. The van der Waals surface area contributed by atoms with Gasteiger partial charge in [-0.25, -0.2) is 8.89 Å². The number of carbonyl (C=O) groups excluding carboxylic acids is 2. The molecule has 1 aliphatic carbocycles. The number of carbonyl (C=O) groups is 2. The SMILES string of the molecule is O=C1C=C(n2cc(CC(=O)C3CC3)cn2)S(=O)N1. The van der Waals surface area contributed by atoms with Gasteiger partial charge in [-0.3, -0.25) is 14.3 Å². The maximum atomic E-state index is 11.6. The summed E-state index contributed by atoms with van der Waals surface area (Å²) in [7, 11) is -1.56. The van der Waals surface area contributed by atoms with Gasteiger partial charge in [0.15, 0.2) is 16.0 Å². The molecule has 1 amide bonds. The van der Waals surface area contributed by atoms with Gasteiger partial charge in [0.25, 0.3) is 5.91 Å². The zero-order valence-electron chi connectivity index (χ0n) is 9.46. The summed E-state index contributed by atoms with van der Waals surface area (Å²) in [5, 5.41) is 4.32. The van der Waals surface area contributed by atoms with Crippen LogP contribution in [0, 0.1) is 5.92 Å². The van der Waals surface area contributed by atoms with Crippen molar-refractivity contribution in [1.29, 1.82) is 0 Å². The van der Waals surface area contributed by atoms with Crippen LogP contribution in [0.4, 0.5) is 0 Å². The molecule has 94 valence electrons. The molecular formula is C11H11N3O3S. The number of hydrogen-bond acceptors (Lipinski definition) is 4. The first-order valence-corrected chi connectivity index (χ1v) is 6.79. The zero-order valence-corrected chi connectivity index (χ0v) is 10.3. The Bertz CT molecular complexity index is 586. The molecule has 0 radical (unpaired) electrons. The van der Waals surface area contributed by atoms with Crippen molar-refractivity contribution in [3.63, 3.8) is 0 Å². The van der Waals surface area contributed by atoms with Crippen LogP contribution >= 0.6 is 0 Å². The Labute approximate surface area is 106 Å². The summed E-state index contributed by atoms with van der Waals surface area (Å²) >= 11 is 0. The fourth-order valence-corrected chi connectivity index (χ4v) is 2.64. The third-order valence-electron chi connectivity index (χ3n) is 2.91. The second kappa shape index (κ2) is 4.16. The van der Waals surface area contributed by atoms with Crippen LogP contribution < -0.4 is 4.72 Å². The number of nitrogens with one attached hydrogen (secondary N) is 1. The van der Waals surface area contributed by atoms with Crippen molar-refractivity contribution in [2.24, 2.45) is 5.92 Å². The topological polar surface area (TPSA) is 81.1 Å². The van der Waals surface area contributed by atoms with Gasteiger partial charge in [0, 0.05) is 24.6 Å². The number of nitrogens with zero attached hydrogens (tertiary/aromatic N) is 2. The highest BCUT2D eigenvalue weighted by molar-refractivity contribution is 7.93. The Morgan fingerprint density at radius 3 is 2.94 bits per heavy atom. The fourth-order valence-electron chi connectivity index (χ4n) is 1.81. The first-order chi connectivity index (χ1) is 8.63. The van der Waals surface area contributed by atoms with E-state index in [4.69, 9.17) is 0 Å². The molecule has 1 fully saturated rings. The van der Waals surface area contributed by atoms with Crippen LogP contribution in [0.2, 0.25) is 0 Å². The van der Waals surface area contributed by atoms with Gasteiger partial charge in [-0.15, -0.1) is 0 Å². The smallest absolute Gasteiger partial charge is 0.258 e. The second-order valence-electron chi connectivity index (χ2n) is 4.43. The minimum Gasteiger partial charge on any atom is -0.299 e. The van der Waals surface area contributed by atoms with Crippen LogP contribution in [0.15, 0.2) is 18.5 Å². The summed E-state index contributed by atoms with van der Waals surface area (Å²) in [6.45, 7) is 0. The van der Waals surface area contributed by atoms with Crippen molar-refractivity contribution in [2.75, 3.05) is 0 Å². The molecule has 7 heteroatoms. The van der Waals surface area contributed by atoms with Crippen molar-refractivity contribution < 1.29 is 13.8 Å². The molecule has 6 nitrogen and oxygen atoms in total. The van der Waals surface area contributed by atoms with Crippen molar-refractivity contribution in [3.8, 4) is 0 Å². The minimum absolute atomic E-state index is 0.219. The second-order valence-corrected chi connectivity index (χ2v) is 5.59. The quantitative estimate of drug-likeness (QED) is 0.830. The summed E-state index contributed by atoms with van der Waals surface area (Å²) in [6, 6.07) is 0. The van der Waals surface area contributed by atoms with Crippen LogP contribution in [0.5, 0.6) is 0 Å². The van der Waals surface area contributed by atoms with Gasteiger partial charge in [0.1, 0.15) is 5.78 Å². The lowest BCUT2D eigenvalue weighted by atomic mass is 10.1. The monoisotopic (exact) mass is 265 g/mol. The van der Waals surface area contributed by atoms with E-state index in [0.29, 0.717) is 11.4 Å². The first-order valence-electron chi connectivity index (χ1n) is 5.64. The van der Waals surface area contributed by atoms with Gasteiger partial charge in [-0.2, -0.15) is 5.10 Å². The predicted molar refractivity (Wildman–Crippen MR) is 64.2 cm³/mol. The van der Waals surface area contributed by atoms with E-state index in [9.17, 15) is 13.8 Å². The number of amides is 1. The molecule has 2 heterocycles. The number of aromatic nitrogens is 2. The zero-order chi connectivity index (χ0) is 12.7. The first kappa shape index (κ1) is 11.3. The fraction of sp³-hybridized carbons (Fsp3) is 0.364. The summed E-state index contributed by atoms with van der Waals surface area (Å²) in [6.07, 6.45) is 6.79. The van der Waals surface area contributed by atoms with E-state index in [-0.39, 0.29) is 11.7 Å². The molecule has 0 saturated heterocycles. The number of ketones is 1. The van der Waals surface area contributed by atoms with Gasteiger partial charge in [-0.05, 0) is 18.4 Å². The molecule has 3 rings (SSSR count). The van der Waals surface area contributed by atoms with Gasteiger partial charge in [0.05, 0.1) is 6.20 Å². The van der Waals surface area contributed by atoms with Crippen LogP contribution in [-0.2, 0) is 27.0 Å². The molecule has 1 N–H and O–H groups in total. The molecule has 0 aromatic carbocycles. The number of rotatable bonds is 4. The molecule has 0 spiro atoms. The summed E-state index contributed by atoms with van der Waals surface area (Å²) in [4.78, 5) is 22.7. The average Bonchev–Trinajstić information content (AvgIpc) is 2.99. The predicted octanol–water partition coefficient (Wildman–Crippen LogP) is -0.00340. The third-order valence-corrected chi connectivity index (χ3v) is 3.98. The van der Waals surface area contributed by atoms with Crippen LogP contribution in [0.1, 0.15) is 18.4 Å². The largest absolute Gasteiger partial charge is 0.299 e. The van der Waals surface area contributed by atoms with E-state index in [1.165, 1.54) is 10.8 Å². The summed E-state index contributed by atoms with van der Waals surface area (Å²) in [5.74, 6) is 0.0520. The van der Waals surface area contributed by atoms with Crippen LogP contribution in [-0.4, -0.2) is 25.7 Å². The molecular weight excluding hydrogens is 254 g/mol. The van der Waals surface area contributed by atoms with E-state index in [0.717, 1.165) is 18.4 Å². The van der Waals surface area contributed by atoms with E-state index >= 15 is 0 Å². The number of Topliss-reactive ketones (excluding diaryl/α,β-unsaturated/α-hetero) is 1. The molecule has 1 saturated carbocycles. The van der Waals surface area contributed by atoms with Crippen molar-refractivity contribution >= 4 is 27.7 Å². The van der Waals surface area contributed by atoms with E-state index in [1.807, 2.05) is 0 Å².